The van der Waals surface area contributed by atoms with Crippen molar-refractivity contribution < 1.29 is 12.7 Å². The van der Waals surface area contributed by atoms with Gasteiger partial charge in [0.15, 0.2) is 0 Å². The van der Waals surface area contributed by atoms with E-state index in [0.29, 0.717) is 0 Å². The molecule has 1 aromatic carbocycles. The molecule has 0 aliphatic carbocycles. The van der Waals surface area contributed by atoms with E-state index in [0.717, 1.165) is 0 Å². The molecule has 6 heteroatoms. The standard InChI is InChI=1S/C6H7NO3S.Na.H/c7-10-11(8,9)6-4-2-1-3-5-6;;/h1-5H,7H2;;. The molecule has 0 fully saturated rings. The monoisotopic (exact) mass is 197 g/mol. The van der Waals surface area contributed by atoms with E-state index in [1.165, 1.54) is 12.1 Å². The van der Waals surface area contributed by atoms with E-state index in [4.69, 9.17) is 0 Å². The summed E-state index contributed by atoms with van der Waals surface area (Å²) in [5, 5.41) is 0. The van der Waals surface area contributed by atoms with Gasteiger partial charge in [-0.05, 0) is 12.1 Å². The molecule has 0 heterocycles. The van der Waals surface area contributed by atoms with Crippen molar-refractivity contribution >= 4 is 39.7 Å². The van der Waals surface area contributed by atoms with Gasteiger partial charge >= 0.3 is 39.7 Å². The van der Waals surface area contributed by atoms with Crippen LogP contribution in [0.2, 0.25) is 0 Å². The molecule has 12 heavy (non-hydrogen) atoms. The van der Waals surface area contributed by atoms with E-state index in [-0.39, 0.29) is 34.5 Å². The van der Waals surface area contributed by atoms with Gasteiger partial charge in [0, 0.05) is 0 Å². The molecule has 4 nitrogen and oxygen atoms in total. The molecule has 0 unspecified atom stereocenters. The summed E-state index contributed by atoms with van der Waals surface area (Å²) in [5.41, 5.74) is 0. The van der Waals surface area contributed by atoms with Crippen molar-refractivity contribution in [3.63, 3.8) is 0 Å². The van der Waals surface area contributed by atoms with Gasteiger partial charge in [-0.1, -0.05) is 18.2 Å². The van der Waals surface area contributed by atoms with Crippen LogP contribution in [0.15, 0.2) is 35.2 Å². The molecule has 0 atom stereocenters. The van der Waals surface area contributed by atoms with Crippen molar-refractivity contribution in [2.45, 2.75) is 4.90 Å². The number of hydrogen-bond acceptors (Lipinski definition) is 4. The first-order chi connectivity index (χ1) is 5.17. The minimum absolute atomic E-state index is 0. The van der Waals surface area contributed by atoms with Crippen molar-refractivity contribution in [3.8, 4) is 0 Å². The van der Waals surface area contributed by atoms with Crippen molar-refractivity contribution in [2.24, 2.45) is 5.90 Å². The molecular formula is C6H8NNaO3S. The topological polar surface area (TPSA) is 69.4 Å². The Morgan fingerprint density at radius 1 is 1.17 bits per heavy atom. The zero-order valence-corrected chi connectivity index (χ0v) is 6.41. The summed E-state index contributed by atoms with van der Waals surface area (Å²) in [6.45, 7) is 0. The Labute approximate surface area is 93.1 Å². The van der Waals surface area contributed by atoms with E-state index in [2.05, 4.69) is 10.2 Å². The molecule has 2 N–H and O–H groups in total. The van der Waals surface area contributed by atoms with Gasteiger partial charge in [-0.3, -0.25) is 0 Å². The zero-order valence-electron chi connectivity index (χ0n) is 5.60. The van der Waals surface area contributed by atoms with Crippen LogP contribution in [0.4, 0.5) is 0 Å². The molecule has 0 aliphatic heterocycles. The third kappa shape index (κ3) is 2.85. The van der Waals surface area contributed by atoms with Crippen LogP contribution in [-0.4, -0.2) is 38.0 Å². The Hall–Kier alpha value is 0.0900. The molecule has 0 amide bonds. The van der Waals surface area contributed by atoms with Crippen LogP contribution in [0.3, 0.4) is 0 Å². The van der Waals surface area contributed by atoms with Crippen molar-refractivity contribution in [1.82, 2.24) is 0 Å². The zero-order chi connectivity index (χ0) is 8.32. The molecule has 1 aromatic rings. The summed E-state index contributed by atoms with van der Waals surface area (Å²) < 4.78 is 25.5. The third-order valence-electron chi connectivity index (χ3n) is 1.16. The Kier molecular flexibility index (Phi) is 5.00. The summed E-state index contributed by atoms with van der Waals surface area (Å²) in [6.07, 6.45) is 0. The molecule has 0 radical (unpaired) electrons. The first kappa shape index (κ1) is 12.1. The van der Waals surface area contributed by atoms with Gasteiger partial charge in [0.1, 0.15) is 0 Å². The fraction of sp³-hybridized carbons (Fsp3) is 0. The molecular weight excluding hydrogens is 189 g/mol. The first-order valence-corrected chi connectivity index (χ1v) is 4.26. The van der Waals surface area contributed by atoms with Gasteiger partial charge in [-0.2, -0.15) is 18.6 Å². The summed E-state index contributed by atoms with van der Waals surface area (Å²) >= 11 is 0. The maximum absolute atomic E-state index is 10.9. The Bertz CT molecular complexity index is 324. The normalized spacial score (nSPS) is 10.4. The number of benzene rings is 1. The summed E-state index contributed by atoms with van der Waals surface area (Å²) in [5.74, 6) is 4.55. The molecule has 0 spiro atoms. The fourth-order valence-corrected chi connectivity index (χ4v) is 1.24. The van der Waals surface area contributed by atoms with E-state index in [9.17, 15) is 8.42 Å². The van der Waals surface area contributed by atoms with Crippen molar-refractivity contribution in [1.29, 1.82) is 0 Å². The Balaban J connectivity index is 0.00000121. The van der Waals surface area contributed by atoms with Crippen LogP contribution >= 0.6 is 0 Å². The molecule has 62 valence electrons. The van der Waals surface area contributed by atoms with Gasteiger partial charge in [0.2, 0.25) is 0 Å². The van der Waals surface area contributed by atoms with Gasteiger partial charge in [0.05, 0.1) is 4.90 Å². The average Bonchev–Trinajstić information content (AvgIpc) is 2.06. The van der Waals surface area contributed by atoms with E-state index in [1.807, 2.05) is 0 Å². The molecule has 0 saturated heterocycles. The van der Waals surface area contributed by atoms with E-state index < -0.39 is 10.1 Å². The Morgan fingerprint density at radius 2 is 1.67 bits per heavy atom. The van der Waals surface area contributed by atoms with Crippen molar-refractivity contribution in [3.05, 3.63) is 30.3 Å². The second-order valence-corrected chi connectivity index (χ2v) is 3.44. The SMILES string of the molecule is NOS(=O)(=O)c1ccccc1.[NaH]. The summed E-state index contributed by atoms with van der Waals surface area (Å²) in [4.78, 5) is 0.0579. The molecule has 0 aromatic heterocycles. The minimum atomic E-state index is -3.72. The number of rotatable bonds is 2. The molecule has 1 rings (SSSR count). The predicted molar refractivity (Wildman–Crippen MR) is 46.0 cm³/mol. The van der Waals surface area contributed by atoms with Crippen LogP contribution in [0.1, 0.15) is 0 Å². The number of hydrogen-bond donors (Lipinski definition) is 1. The molecule has 0 bridgehead atoms. The van der Waals surface area contributed by atoms with Crippen LogP contribution in [0, 0.1) is 0 Å². The van der Waals surface area contributed by atoms with Crippen LogP contribution < -0.4 is 5.90 Å². The van der Waals surface area contributed by atoms with Gasteiger partial charge in [0.25, 0.3) is 0 Å². The quantitative estimate of drug-likeness (QED) is 0.518. The van der Waals surface area contributed by atoms with Crippen LogP contribution in [0.5, 0.6) is 0 Å². The van der Waals surface area contributed by atoms with Gasteiger partial charge in [-0.25, -0.2) is 0 Å². The summed E-state index contributed by atoms with van der Waals surface area (Å²) in [6, 6.07) is 7.69. The number of nitrogens with two attached hydrogens (primary N) is 1. The van der Waals surface area contributed by atoms with Gasteiger partial charge in [-0.15, -0.1) is 0 Å². The van der Waals surface area contributed by atoms with Gasteiger partial charge < -0.3 is 0 Å². The predicted octanol–water partition coefficient (Wildman–Crippen LogP) is -0.383. The van der Waals surface area contributed by atoms with Crippen LogP contribution in [0.25, 0.3) is 0 Å². The first-order valence-electron chi connectivity index (χ1n) is 2.85. The Morgan fingerprint density at radius 3 is 2.08 bits per heavy atom. The second kappa shape index (κ2) is 4.96. The average molecular weight is 197 g/mol. The fourth-order valence-electron chi connectivity index (χ4n) is 0.643. The van der Waals surface area contributed by atoms with Crippen molar-refractivity contribution in [2.75, 3.05) is 0 Å². The summed E-state index contributed by atoms with van der Waals surface area (Å²) in [7, 11) is -3.72. The second-order valence-electron chi connectivity index (χ2n) is 1.86. The van der Waals surface area contributed by atoms with Crippen LogP contribution in [-0.2, 0) is 14.4 Å². The molecule has 0 saturated carbocycles. The molecule has 0 aliphatic rings. The van der Waals surface area contributed by atoms with E-state index in [1.54, 1.807) is 18.2 Å². The maximum atomic E-state index is 10.9. The van der Waals surface area contributed by atoms with E-state index >= 15 is 0 Å². The third-order valence-corrected chi connectivity index (χ3v) is 2.26.